The Morgan fingerprint density at radius 3 is 2.12 bits per heavy atom. The van der Waals surface area contributed by atoms with Gasteiger partial charge in [0.2, 0.25) is 0 Å². The minimum atomic E-state index is -3.93. The average Bonchev–Trinajstić information content (AvgIpc) is 3.18. The van der Waals surface area contributed by atoms with Gasteiger partial charge < -0.3 is 0 Å². The summed E-state index contributed by atoms with van der Waals surface area (Å²) in [6.45, 7) is 5.12. The topological polar surface area (TPSA) is 99.0 Å². The van der Waals surface area contributed by atoms with Crippen LogP contribution >= 0.6 is 0 Å². The standard InChI is InChI=1S/C24H21N3O4S2/c1-5-18-15-27(33(30,31)21-10-6-17(4)7-11-21)24-23(18)26-22(14-25-24)19-8-12-20(13-9-19)32(28,29)16(2)3/h1,6-16H,2-4H3. The van der Waals surface area contributed by atoms with Crippen LogP contribution < -0.4 is 0 Å². The van der Waals surface area contributed by atoms with Crippen molar-refractivity contribution in [2.45, 2.75) is 35.8 Å². The number of nitrogens with zero attached hydrogens (tertiary/aromatic N) is 3. The maximum atomic E-state index is 13.2. The van der Waals surface area contributed by atoms with E-state index in [0.29, 0.717) is 11.3 Å². The SMILES string of the molecule is C#Cc1cn(S(=O)(=O)c2ccc(C)cc2)c2ncc(-c3ccc(S(=O)(=O)C(C)C)cc3)nc12. The number of terminal acetylenes is 1. The van der Waals surface area contributed by atoms with Gasteiger partial charge in [0.05, 0.1) is 32.5 Å². The monoisotopic (exact) mass is 479 g/mol. The normalized spacial score (nSPS) is 12.2. The van der Waals surface area contributed by atoms with Crippen LogP contribution in [0.4, 0.5) is 0 Å². The van der Waals surface area contributed by atoms with E-state index in [0.717, 1.165) is 9.54 Å². The summed E-state index contributed by atoms with van der Waals surface area (Å²) in [7, 11) is -7.32. The number of rotatable bonds is 5. The van der Waals surface area contributed by atoms with Gasteiger partial charge in [-0.3, -0.25) is 0 Å². The van der Waals surface area contributed by atoms with Crippen molar-refractivity contribution in [3.8, 4) is 23.6 Å². The Bertz CT molecular complexity index is 1610. The summed E-state index contributed by atoms with van der Waals surface area (Å²) >= 11 is 0. The molecule has 0 unspecified atom stereocenters. The molecule has 0 spiro atoms. The third-order valence-electron chi connectivity index (χ3n) is 5.30. The van der Waals surface area contributed by atoms with E-state index in [-0.39, 0.29) is 26.5 Å². The molecule has 2 aromatic heterocycles. The molecule has 0 saturated carbocycles. The number of sulfone groups is 1. The van der Waals surface area contributed by atoms with Gasteiger partial charge >= 0.3 is 0 Å². The van der Waals surface area contributed by atoms with Crippen LogP contribution in [-0.2, 0) is 19.9 Å². The lowest BCUT2D eigenvalue weighted by Gasteiger charge is -2.09. The number of aromatic nitrogens is 3. The van der Waals surface area contributed by atoms with Gasteiger partial charge in [-0.15, -0.1) is 6.42 Å². The van der Waals surface area contributed by atoms with Crippen LogP contribution in [0.2, 0.25) is 0 Å². The molecule has 9 heteroatoms. The van der Waals surface area contributed by atoms with E-state index in [9.17, 15) is 16.8 Å². The first-order chi connectivity index (χ1) is 15.6. The predicted octanol–water partition coefficient (Wildman–Crippen LogP) is 3.81. The summed E-state index contributed by atoms with van der Waals surface area (Å²) in [5.41, 5.74) is 2.68. The van der Waals surface area contributed by atoms with Crippen molar-refractivity contribution in [3.05, 3.63) is 72.1 Å². The zero-order valence-corrected chi connectivity index (χ0v) is 19.9. The second-order valence-corrected chi connectivity index (χ2v) is 12.2. The lowest BCUT2D eigenvalue weighted by Crippen LogP contribution is -2.13. The van der Waals surface area contributed by atoms with Crippen molar-refractivity contribution in [2.24, 2.45) is 0 Å². The molecule has 0 aliphatic heterocycles. The third-order valence-corrected chi connectivity index (χ3v) is 9.13. The highest BCUT2D eigenvalue weighted by Crippen LogP contribution is 2.27. The van der Waals surface area contributed by atoms with Gasteiger partial charge in [-0.05, 0) is 45.0 Å². The highest BCUT2D eigenvalue weighted by Gasteiger charge is 2.23. The minimum absolute atomic E-state index is 0.112. The molecule has 0 aliphatic rings. The summed E-state index contributed by atoms with van der Waals surface area (Å²) in [6, 6.07) is 12.8. The molecule has 0 N–H and O–H groups in total. The molecule has 2 heterocycles. The Balaban J connectivity index is 1.81. The first-order valence-corrected chi connectivity index (χ1v) is 13.1. The molecule has 0 fully saturated rings. The van der Waals surface area contributed by atoms with Crippen molar-refractivity contribution in [2.75, 3.05) is 0 Å². The van der Waals surface area contributed by atoms with Crippen molar-refractivity contribution < 1.29 is 16.8 Å². The van der Waals surface area contributed by atoms with E-state index in [4.69, 9.17) is 6.42 Å². The second kappa shape index (κ2) is 8.14. The summed E-state index contributed by atoms with van der Waals surface area (Å²) in [6.07, 6.45) is 8.40. The van der Waals surface area contributed by atoms with E-state index in [1.54, 1.807) is 38.1 Å². The number of benzene rings is 2. The van der Waals surface area contributed by atoms with Gasteiger partial charge in [0.25, 0.3) is 10.0 Å². The fourth-order valence-corrected chi connectivity index (χ4v) is 5.68. The molecule has 4 rings (SSSR count). The molecule has 0 amide bonds. The lowest BCUT2D eigenvalue weighted by atomic mass is 10.1. The summed E-state index contributed by atoms with van der Waals surface area (Å²) in [5, 5.41) is -0.534. The largest absolute Gasteiger partial charge is 0.269 e. The average molecular weight is 480 g/mol. The third kappa shape index (κ3) is 3.92. The Hall–Kier alpha value is -3.48. The first kappa shape index (κ1) is 22.7. The van der Waals surface area contributed by atoms with Gasteiger partial charge in [0.15, 0.2) is 15.5 Å². The summed E-state index contributed by atoms with van der Waals surface area (Å²) in [5.74, 6) is 2.48. The molecule has 0 atom stereocenters. The van der Waals surface area contributed by atoms with Crippen molar-refractivity contribution in [3.63, 3.8) is 0 Å². The molecule has 7 nitrogen and oxygen atoms in total. The Morgan fingerprint density at radius 1 is 0.939 bits per heavy atom. The minimum Gasteiger partial charge on any atom is -0.241 e. The van der Waals surface area contributed by atoms with Crippen LogP contribution in [0.5, 0.6) is 0 Å². The van der Waals surface area contributed by atoms with E-state index in [1.165, 1.54) is 36.7 Å². The van der Waals surface area contributed by atoms with Gasteiger partial charge in [0.1, 0.15) is 5.52 Å². The second-order valence-electron chi connectivity index (χ2n) is 7.85. The maximum Gasteiger partial charge on any atom is 0.269 e. The molecule has 4 aromatic rings. The van der Waals surface area contributed by atoms with E-state index < -0.39 is 25.1 Å². The zero-order chi connectivity index (χ0) is 24.0. The van der Waals surface area contributed by atoms with E-state index in [2.05, 4.69) is 15.9 Å². The smallest absolute Gasteiger partial charge is 0.241 e. The number of fused-ring (bicyclic) bond motifs is 1. The van der Waals surface area contributed by atoms with Crippen molar-refractivity contribution in [1.82, 2.24) is 13.9 Å². The van der Waals surface area contributed by atoms with Crippen LogP contribution in [0.15, 0.2) is 70.7 Å². The quantitative estimate of drug-likeness (QED) is 0.404. The Morgan fingerprint density at radius 2 is 1.55 bits per heavy atom. The number of aryl methyl sites for hydroxylation is 1. The fourth-order valence-electron chi connectivity index (χ4n) is 3.30. The summed E-state index contributed by atoms with van der Waals surface area (Å²) < 4.78 is 52.2. The van der Waals surface area contributed by atoms with E-state index in [1.807, 2.05) is 6.92 Å². The summed E-state index contributed by atoms with van der Waals surface area (Å²) in [4.78, 5) is 9.22. The molecular weight excluding hydrogens is 458 g/mol. The highest BCUT2D eigenvalue weighted by molar-refractivity contribution is 7.92. The molecule has 33 heavy (non-hydrogen) atoms. The van der Waals surface area contributed by atoms with Gasteiger partial charge in [-0.25, -0.2) is 30.8 Å². The molecular formula is C24H21N3O4S2. The van der Waals surface area contributed by atoms with Crippen LogP contribution in [0.1, 0.15) is 25.0 Å². The fraction of sp³-hybridized carbons (Fsp3) is 0.167. The number of hydrogen-bond acceptors (Lipinski definition) is 6. The van der Waals surface area contributed by atoms with E-state index >= 15 is 0 Å². The van der Waals surface area contributed by atoms with Crippen LogP contribution in [0.25, 0.3) is 22.4 Å². The number of hydrogen-bond donors (Lipinski definition) is 0. The van der Waals surface area contributed by atoms with Gasteiger partial charge in [-0.1, -0.05) is 35.7 Å². The predicted molar refractivity (Wildman–Crippen MR) is 127 cm³/mol. The molecule has 168 valence electrons. The lowest BCUT2D eigenvalue weighted by molar-refractivity contribution is 0.586. The van der Waals surface area contributed by atoms with Crippen LogP contribution in [0.3, 0.4) is 0 Å². The molecule has 2 aromatic carbocycles. The molecule has 0 bridgehead atoms. The molecule has 0 aliphatic carbocycles. The van der Waals surface area contributed by atoms with Crippen molar-refractivity contribution >= 4 is 31.0 Å². The maximum absolute atomic E-state index is 13.2. The van der Waals surface area contributed by atoms with Gasteiger partial charge in [-0.2, -0.15) is 0 Å². The van der Waals surface area contributed by atoms with Gasteiger partial charge in [0, 0.05) is 11.8 Å². The van der Waals surface area contributed by atoms with Crippen molar-refractivity contribution in [1.29, 1.82) is 0 Å². The Kier molecular flexibility index (Phi) is 5.60. The first-order valence-electron chi connectivity index (χ1n) is 10.1. The molecule has 0 radical (unpaired) electrons. The van der Waals surface area contributed by atoms with Crippen LogP contribution in [-0.4, -0.2) is 36.0 Å². The zero-order valence-electron chi connectivity index (χ0n) is 18.2. The molecule has 0 saturated heterocycles. The van der Waals surface area contributed by atoms with Crippen LogP contribution in [0, 0.1) is 19.3 Å². The Labute approximate surface area is 193 Å². The highest BCUT2D eigenvalue weighted by atomic mass is 32.2.